The topological polar surface area (TPSA) is 31.2 Å². The molecule has 0 spiro atoms. The van der Waals surface area contributed by atoms with Crippen LogP contribution in [0.1, 0.15) is 23.0 Å². The van der Waals surface area contributed by atoms with E-state index in [1.54, 1.807) is 0 Å². The van der Waals surface area contributed by atoms with Gasteiger partial charge < -0.3 is 9.30 Å². The van der Waals surface area contributed by atoms with E-state index in [2.05, 4.69) is 0 Å². The van der Waals surface area contributed by atoms with Gasteiger partial charge in [0.05, 0.1) is 12.2 Å². The van der Waals surface area contributed by atoms with Gasteiger partial charge in [0.15, 0.2) is 0 Å². The number of aromatic nitrogens is 1. The number of hydrogen-bond acceptors (Lipinski definition) is 2. The summed E-state index contributed by atoms with van der Waals surface area (Å²) in [6.45, 7) is 1.52. The second-order valence-electron chi connectivity index (χ2n) is 4.14. The Balaban J connectivity index is 2.58. The second kappa shape index (κ2) is 5.81. The summed E-state index contributed by atoms with van der Waals surface area (Å²) in [5.74, 6) is -1.02. The highest BCUT2D eigenvalue weighted by molar-refractivity contribution is 6.30. The molecule has 0 atom stereocenters. The number of nitrogens with zero attached hydrogens (tertiary/aromatic N) is 1. The number of rotatable bonds is 3. The van der Waals surface area contributed by atoms with Crippen LogP contribution in [0.5, 0.6) is 0 Å². The molecule has 0 N–H and O–H groups in total. The Hall–Kier alpha value is -1.95. The second-order valence-corrected chi connectivity index (χ2v) is 4.58. The zero-order valence-electron chi connectivity index (χ0n) is 10.9. The van der Waals surface area contributed by atoms with Gasteiger partial charge in [-0.3, -0.25) is 0 Å². The van der Waals surface area contributed by atoms with Gasteiger partial charge in [-0.2, -0.15) is 13.2 Å². The van der Waals surface area contributed by atoms with Gasteiger partial charge in [-0.1, -0.05) is 11.6 Å². The Morgan fingerprint density at radius 3 is 2.38 bits per heavy atom. The molecule has 0 fully saturated rings. The molecular formula is C14H11ClF3NO2. The van der Waals surface area contributed by atoms with Crippen LogP contribution in [0.4, 0.5) is 13.2 Å². The van der Waals surface area contributed by atoms with E-state index in [4.69, 9.17) is 16.3 Å². The van der Waals surface area contributed by atoms with Gasteiger partial charge in [0.25, 0.3) is 0 Å². The number of esters is 1. The van der Waals surface area contributed by atoms with Crippen molar-refractivity contribution in [2.24, 2.45) is 0 Å². The minimum absolute atomic E-state index is 0.0120. The quantitative estimate of drug-likeness (QED) is 0.789. The normalized spacial score (nSPS) is 11.5. The number of carbonyl (C=O) groups is 1. The van der Waals surface area contributed by atoms with Gasteiger partial charge in [-0.05, 0) is 37.3 Å². The summed E-state index contributed by atoms with van der Waals surface area (Å²) in [6, 6.07) is 6.94. The molecule has 112 valence electrons. The van der Waals surface area contributed by atoms with Crippen LogP contribution in [0.2, 0.25) is 5.02 Å². The molecule has 1 aromatic heterocycles. The summed E-state index contributed by atoms with van der Waals surface area (Å²) in [6.07, 6.45) is -3.46. The minimum Gasteiger partial charge on any atom is -0.461 e. The van der Waals surface area contributed by atoms with Crippen LogP contribution < -0.4 is 0 Å². The van der Waals surface area contributed by atoms with Crippen LogP contribution in [0.25, 0.3) is 5.69 Å². The van der Waals surface area contributed by atoms with Gasteiger partial charge in [0.2, 0.25) is 0 Å². The number of ether oxygens (including phenoxy) is 1. The molecule has 0 bridgehead atoms. The van der Waals surface area contributed by atoms with Crippen molar-refractivity contribution in [1.82, 2.24) is 4.57 Å². The fourth-order valence-corrected chi connectivity index (χ4v) is 2.01. The predicted molar refractivity (Wildman–Crippen MR) is 71.7 cm³/mol. The van der Waals surface area contributed by atoms with Crippen molar-refractivity contribution in [2.75, 3.05) is 6.61 Å². The SMILES string of the molecule is CCOC(=O)c1c(C(F)(F)F)ccn1-c1ccc(Cl)cc1. The fourth-order valence-electron chi connectivity index (χ4n) is 1.89. The van der Waals surface area contributed by atoms with Gasteiger partial charge >= 0.3 is 12.1 Å². The van der Waals surface area contributed by atoms with Crippen molar-refractivity contribution in [3.63, 3.8) is 0 Å². The molecule has 0 amide bonds. The molecule has 1 aromatic carbocycles. The molecule has 0 aliphatic heterocycles. The van der Waals surface area contributed by atoms with E-state index in [9.17, 15) is 18.0 Å². The highest BCUT2D eigenvalue weighted by Gasteiger charge is 2.38. The molecule has 7 heteroatoms. The lowest BCUT2D eigenvalue weighted by Gasteiger charge is -2.12. The average molecular weight is 318 g/mol. The summed E-state index contributed by atoms with van der Waals surface area (Å²) < 4.78 is 44.9. The number of carbonyl (C=O) groups excluding carboxylic acids is 1. The first kappa shape index (κ1) is 15.4. The highest BCUT2D eigenvalue weighted by atomic mass is 35.5. The molecule has 0 aliphatic carbocycles. The third-order valence-corrected chi connectivity index (χ3v) is 3.02. The summed E-state index contributed by atoms with van der Waals surface area (Å²) in [4.78, 5) is 11.9. The highest BCUT2D eigenvalue weighted by Crippen LogP contribution is 2.34. The molecule has 0 radical (unpaired) electrons. The first-order valence-electron chi connectivity index (χ1n) is 6.06. The maximum absolute atomic E-state index is 13.0. The fraction of sp³-hybridized carbons (Fsp3) is 0.214. The Bertz CT molecular complexity index is 647. The zero-order chi connectivity index (χ0) is 15.6. The third-order valence-electron chi connectivity index (χ3n) is 2.77. The number of halogens is 4. The molecule has 0 unspecified atom stereocenters. The molecule has 0 aliphatic rings. The van der Waals surface area contributed by atoms with Gasteiger partial charge in [-0.15, -0.1) is 0 Å². The molecular weight excluding hydrogens is 307 g/mol. The lowest BCUT2D eigenvalue weighted by Crippen LogP contribution is -2.17. The van der Waals surface area contributed by atoms with Crippen molar-refractivity contribution in [3.8, 4) is 5.69 Å². The largest absolute Gasteiger partial charge is 0.461 e. The number of benzene rings is 1. The van der Waals surface area contributed by atoms with E-state index < -0.39 is 23.4 Å². The van der Waals surface area contributed by atoms with E-state index in [0.717, 1.165) is 10.6 Å². The van der Waals surface area contributed by atoms with Crippen molar-refractivity contribution >= 4 is 17.6 Å². The number of hydrogen-bond donors (Lipinski definition) is 0. The van der Waals surface area contributed by atoms with E-state index >= 15 is 0 Å². The number of alkyl halides is 3. The molecule has 2 rings (SSSR count). The Kier molecular flexibility index (Phi) is 4.27. The Morgan fingerprint density at radius 1 is 1.24 bits per heavy atom. The minimum atomic E-state index is -4.64. The predicted octanol–water partition coefficient (Wildman–Crippen LogP) is 4.33. The maximum Gasteiger partial charge on any atom is 0.418 e. The van der Waals surface area contributed by atoms with Crippen molar-refractivity contribution in [2.45, 2.75) is 13.1 Å². The summed E-state index contributed by atoms with van der Waals surface area (Å²) in [7, 11) is 0. The molecule has 0 saturated heterocycles. The van der Waals surface area contributed by atoms with Crippen molar-refractivity contribution in [3.05, 3.63) is 52.8 Å². The van der Waals surface area contributed by atoms with Gasteiger partial charge in [0, 0.05) is 16.9 Å². The van der Waals surface area contributed by atoms with Gasteiger partial charge in [0.1, 0.15) is 5.69 Å². The van der Waals surface area contributed by atoms with Crippen LogP contribution in [0, 0.1) is 0 Å². The summed E-state index contributed by atoms with van der Waals surface area (Å²) >= 11 is 5.75. The lowest BCUT2D eigenvalue weighted by molar-refractivity contribution is -0.138. The summed E-state index contributed by atoms with van der Waals surface area (Å²) in [5, 5.41) is 0.444. The first-order chi connectivity index (χ1) is 9.84. The van der Waals surface area contributed by atoms with Crippen LogP contribution in [-0.2, 0) is 10.9 Å². The molecule has 0 saturated carbocycles. The van der Waals surface area contributed by atoms with E-state index in [1.165, 1.54) is 37.4 Å². The van der Waals surface area contributed by atoms with Crippen molar-refractivity contribution in [1.29, 1.82) is 0 Å². The van der Waals surface area contributed by atoms with E-state index in [1.807, 2.05) is 0 Å². The van der Waals surface area contributed by atoms with Crippen LogP contribution in [0.3, 0.4) is 0 Å². The van der Waals surface area contributed by atoms with Crippen LogP contribution in [-0.4, -0.2) is 17.1 Å². The first-order valence-corrected chi connectivity index (χ1v) is 6.44. The molecule has 21 heavy (non-hydrogen) atoms. The van der Waals surface area contributed by atoms with Gasteiger partial charge in [-0.25, -0.2) is 4.79 Å². The van der Waals surface area contributed by atoms with E-state index in [0.29, 0.717) is 10.7 Å². The standard InChI is InChI=1S/C14H11ClF3NO2/c1-2-21-13(20)12-11(14(16,17)18)7-8-19(12)10-5-3-9(15)4-6-10/h3-8H,2H2,1H3. The maximum atomic E-state index is 13.0. The summed E-state index contributed by atoms with van der Waals surface area (Å²) in [5.41, 5.74) is -1.19. The van der Waals surface area contributed by atoms with Crippen molar-refractivity contribution < 1.29 is 22.7 Å². The Labute approximate surface area is 123 Å². The van der Waals surface area contributed by atoms with Crippen LogP contribution in [0.15, 0.2) is 36.5 Å². The smallest absolute Gasteiger partial charge is 0.418 e. The Morgan fingerprint density at radius 2 is 1.86 bits per heavy atom. The molecule has 2 aromatic rings. The average Bonchev–Trinajstić information content (AvgIpc) is 2.84. The molecule has 3 nitrogen and oxygen atoms in total. The van der Waals surface area contributed by atoms with E-state index in [-0.39, 0.29) is 6.61 Å². The monoisotopic (exact) mass is 317 g/mol. The third kappa shape index (κ3) is 3.21. The van der Waals surface area contributed by atoms with Crippen LogP contribution >= 0.6 is 11.6 Å². The molecule has 1 heterocycles. The lowest BCUT2D eigenvalue weighted by atomic mass is 10.2. The zero-order valence-corrected chi connectivity index (χ0v) is 11.7.